The van der Waals surface area contributed by atoms with Gasteiger partial charge in [-0.15, -0.1) is 0 Å². The molecule has 0 aliphatic carbocycles. The first-order valence-corrected chi connectivity index (χ1v) is 5.94. The van der Waals surface area contributed by atoms with Crippen molar-refractivity contribution in [2.75, 3.05) is 6.61 Å². The third kappa shape index (κ3) is 5.05. The van der Waals surface area contributed by atoms with Crippen LogP contribution >= 0.6 is 0 Å². The van der Waals surface area contributed by atoms with Crippen LogP contribution < -0.4 is 5.32 Å². The van der Waals surface area contributed by atoms with E-state index in [1.165, 1.54) is 12.1 Å². The lowest BCUT2D eigenvalue weighted by atomic mass is 10.1. The van der Waals surface area contributed by atoms with E-state index >= 15 is 0 Å². The van der Waals surface area contributed by atoms with E-state index in [1.54, 1.807) is 0 Å². The zero-order valence-electron chi connectivity index (χ0n) is 10.3. The van der Waals surface area contributed by atoms with Gasteiger partial charge in [-0.2, -0.15) is 0 Å². The zero-order chi connectivity index (χ0) is 14.3. The summed E-state index contributed by atoms with van der Waals surface area (Å²) in [7, 11) is 0. The van der Waals surface area contributed by atoms with Crippen LogP contribution in [0.2, 0.25) is 0 Å². The first-order chi connectivity index (χ1) is 9.04. The molecule has 0 saturated carbocycles. The molecule has 0 saturated heterocycles. The monoisotopic (exact) mass is 269 g/mol. The second-order valence-corrected chi connectivity index (χ2v) is 4.09. The Morgan fingerprint density at radius 3 is 2.37 bits per heavy atom. The second kappa shape index (κ2) is 7.48. The van der Waals surface area contributed by atoms with E-state index in [0.29, 0.717) is 12.8 Å². The maximum atomic E-state index is 12.7. The molecule has 0 radical (unpaired) electrons. The fourth-order valence-corrected chi connectivity index (χ4v) is 1.56. The van der Waals surface area contributed by atoms with Gasteiger partial charge in [0.1, 0.15) is 11.9 Å². The summed E-state index contributed by atoms with van der Waals surface area (Å²) in [6, 6.07) is 3.84. The van der Waals surface area contributed by atoms with E-state index in [9.17, 15) is 14.0 Å². The Balaban J connectivity index is 2.60. The predicted octanol–water partition coefficient (Wildman–Crippen LogP) is 1.17. The highest BCUT2D eigenvalue weighted by Crippen LogP contribution is 2.06. The number of aliphatic carboxylic acids is 1. The van der Waals surface area contributed by atoms with Crippen molar-refractivity contribution >= 4 is 11.9 Å². The number of unbranched alkanes of at least 4 members (excludes halogenated alkanes) is 1. The van der Waals surface area contributed by atoms with Crippen LogP contribution in [0.4, 0.5) is 4.39 Å². The minimum absolute atomic E-state index is 0.0156. The fourth-order valence-electron chi connectivity index (χ4n) is 1.56. The van der Waals surface area contributed by atoms with E-state index in [2.05, 4.69) is 5.32 Å². The highest BCUT2D eigenvalue weighted by Gasteiger charge is 2.20. The van der Waals surface area contributed by atoms with E-state index in [-0.39, 0.29) is 18.6 Å². The molecule has 0 bridgehead atoms. The molecule has 5 nitrogen and oxygen atoms in total. The summed E-state index contributed by atoms with van der Waals surface area (Å²) in [6.07, 6.45) is 1.22. The van der Waals surface area contributed by atoms with E-state index < -0.39 is 23.7 Å². The van der Waals surface area contributed by atoms with Gasteiger partial charge in [0.15, 0.2) is 0 Å². The predicted molar refractivity (Wildman–Crippen MR) is 66.2 cm³/mol. The van der Waals surface area contributed by atoms with Gasteiger partial charge in [0.2, 0.25) is 0 Å². The lowest BCUT2D eigenvalue weighted by Gasteiger charge is -2.14. The summed E-state index contributed by atoms with van der Waals surface area (Å²) in [4.78, 5) is 22.7. The lowest BCUT2D eigenvalue weighted by Crippen LogP contribution is -2.40. The maximum Gasteiger partial charge on any atom is 0.326 e. The SMILES string of the molecule is O=C(N[C@@H](CCCCO)C(=O)O)c1ccc(F)cc1. The first kappa shape index (κ1) is 15.1. The Kier molecular flexibility index (Phi) is 5.95. The molecular formula is C13H16FNO4. The molecular weight excluding hydrogens is 253 g/mol. The van der Waals surface area contributed by atoms with Crippen LogP contribution in [0.25, 0.3) is 0 Å². The molecule has 3 N–H and O–H groups in total. The molecule has 1 rings (SSSR count). The number of amides is 1. The van der Waals surface area contributed by atoms with Gasteiger partial charge in [-0.1, -0.05) is 0 Å². The van der Waals surface area contributed by atoms with Crippen LogP contribution in [0.5, 0.6) is 0 Å². The highest BCUT2D eigenvalue weighted by molar-refractivity contribution is 5.96. The summed E-state index contributed by atoms with van der Waals surface area (Å²) < 4.78 is 12.7. The Morgan fingerprint density at radius 1 is 1.21 bits per heavy atom. The number of aliphatic hydroxyl groups excluding tert-OH is 1. The van der Waals surface area contributed by atoms with Crippen molar-refractivity contribution in [1.29, 1.82) is 0 Å². The smallest absolute Gasteiger partial charge is 0.326 e. The van der Waals surface area contributed by atoms with E-state index in [1.807, 2.05) is 0 Å². The Morgan fingerprint density at radius 2 is 1.84 bits per heavy atom. The van der Waals surface area contributed by atoms with Crippen molar-refractivity contribution in [2.45, 2.75) is 25.3 Å². The number of hydrogen-bond donors (Lipinski definition) is 3. The number of halogens is 1. The first-order valence-electron chi connectivity index (χ1n) is 5.94. The third-order valence-electron chi connectivity index (χ3n) is 2.61. The average Bonchev–Trinajstić information content (AvgIpc) is 2.38. The summed E-state index contributed by atoms with van der Waals surface area (Å²) in [6.45, 7) is -0.0156. The molecule has 1 amide bonds. The molecule has 0 heterocycles. The molecule has 0 spiro atoms. The number of carbonyl (C=O) groups is 2. The topological polar surface area (TPSA) is 86.6 Å². The van der Waals surface area contributed by atoms with Gasteiger partial charge in [-0.05, 0) is 43.5 Å². The van der Waals surface area contributed by atoms with Crippen molar-refractivity contribution in [2.24, 2.45) is 0 Å². The highest BCUT2D eigenvalue weighted by atomic mass is 19.1. The van der Waals surface area contributed by atoms with Gasteiger partial charge in [-0.3, -0.25) is 4.79 Å². The van der Waals surface area contributed by atoms with Crippen LogP contribution in [0.3, 0.4) is 0 Å². The number of rotatable bonds is 7. The third-order valence-corrected chi connectivity index (χ3v) is 2.61. The molecule has 1 atom stereocenters. The van der Waals surface area contributed by atoms with Gasteiger partial charge in [-0.25, -0.2) is 9.18 Å². The van der Waals surface area contributed by atoms with Gasteiger partial charge in [0, 0.05) is 12.2 Å². The zero-order valence-corrected chi connectivity index (χ0v) is 10.3. The number of carboxylic acids is 1. The molecule has 1 aromatic rings. The molecule has 1 aromatic carbocycles. The Bertz CT molecular complexity index is 433. The van der Waals surface area contributed by atoms with Crippen LogP contribution in [0.1, 0.15) is 29.6 Å². The molecule has 0 aliphatic heterocycles. The summed E-state index contributed by atoms with van der Waals surface area (Å²) >= 11 is 0. The van der Waals surface area contributed by atoms with Crippen molar-refractivity contribution in [3.05, 3.63) is 35.6 Å². The fraction of sp³-hybridized carbons (Fsp3) is 0.385. The quantitative estimate of drug-likeness (QED) is 0.648. The van der Waals surface area contributed by atoms with E-state index in [4.69, 9.17) is 10.2 Å². The molecule has 0 fully saturated rings. The van der Waals surface area contributed by atoms with Crippen LogP contribution in [-0.2, 0) is 4.79 Å². The van der Waals surface area contributed by atoms with Crippen LogP contribution in [0, 0.1) is 5.82 Å². The number of nitrogens with one attached hydrogen (secondary N) is 1. The number of aliphatic hydroxyl groups is 1. The standard InChI is InChI=1S/C13H16FNO4/c14-10-6-4-9(5-7-10)12(17)15-11(13(18)19)3-1-2-8-16/h4-7,11,16H,1-3,8H2,(H,15,17)(H,18,19)/t11-/m0/s1. The average molecular weight is 269 g/mol. The minimum Gasteiger partial charge on any atom is -0.480 e. The molecule has 104 valence electrons. The summed E-state index contributed by atoms with van der Waals surface area (Å²) in [5.74, 6) is -2.15. The number of carbonyl (C=O) groups excluding carboxylic acids is 1. The molecule has 6 heteroatoms. The minimum atomic E-state index is -1.13. The number of carboxylic acid groups (broad SMARTS) is 1. The van der Waals surface area contributed by atoms with Gasteiger partial charge >= 0.3 is 5.97 Å². The largest absolute Gasteiger partial charge is 0.480 e. The summed E-state index contributed by atoms with van der Waals surface area (Å²) in [5.41, 5.74) is 0.204. The van der Waals surface area contributed by atoms with Crippen molar-refractivity contribution in [1.82, 2.24) is 5.32 Å². The van der Waals surface area contributed by atoms with Gasteiger partial charge in [0.05, 0.1) is 0 Å². The Hall–Kier alpha value is -1.95. The Labute approximate surface area is 110 Å². The van der Waals surface area contributed by atoms with Gasteiger partial charge in [0.25, 0.3) is 5.91 Å². The number of hydrogen-bond acceptors (Lipinski definition) is 3. The summed E-state index contributed by atoms with van der Waals surface area (Å²) in [5, 5.41) is 20.0. The van der Waals surface area contributed by atoms with Crippen LogP contribution in [0.15, 0.2) is 24.3 Å². The second-order valence-electron chi connectivity index (χ2n) is 4.09. The normalized spacial score (nSPS) is 11.9. The molecule has 0 aliphatic rings. The van der Waals surface area contributed by atoms with Crippen LogP contribution in [-0.4, -0.2) is 34.7 Å². The van der Waals surface area contributed by atoms with E-state index in [0.717, 1.165) is 12.1 Å². The van der Waals surface area contributed by atoms with Crippen molar-refractivity contribution in [3.63, 3.8) is 0 Å². The molecule has 0 aromatic heterocycles. The lowest BCUT2D eigenvalue weighted by molar-refractivity contribution is -0.139. The van der Waals surface area contributed by atoms with Crippen molar-refractivity contribution in [3.8, 4) is 0 Å². The van der Waals surface area contributed by atoms with Crippen molar-refractivity contribution < 1.29 is 24.2 Å². The van der Waals surface area contributed by atoms with Gasteiger partial charge < -0.3 is 15.5 Å². The molecule has 0 unspecified atom stereocenters. The number of benzene rings is 1. The maximum absolute atomic E-state index is 12.7. The molecule has 19 heavy (non-hydrogen) atoms.